The topological polar surface area (TPSA) is 98.9 Å². The van der Waals surface area contributed by atoms with Gasteiger partial charge in [0.25, 0.3) is 5.79 Å². The zero-order chi connectivity index (χ0) is 27.4. The molecule has 0 radical (unpaired) electrons. The molecule has 0 bridgehead atoms. The van der Waals surface area contributed by atoms with E-state index in [0.717, 1.165) is 73.2 Å². The molecule has 6 heterocycles. The fourth-order valence-corrected chi connectivity index (χ4v) is 6.85. The molecule has 7 rings (SSSR count). The van der Waals surface area contributed by atoms with Crippen molar-refractivity contribution in [3.8, 4) is 11.5 Å². The lowest BCUT2D eigenvalue weighted by molar-refractivity contribution is -0.0722. The van der Waals surface area contributed by atoms with Crippen LogP contribution in [-0.4, -0.2) is 56.3 Å². The van der Waals surface area contributed by atoms with Crippen molar-refractivity contribution in [2.75, 3.05) is 19.7 Å². The Morgan fingerprint density at radius 1 is 1.20 bits per heavy atom. The van der Waals surface area contributed by atoms with E-state index in [0.29, 0.717) is 28.1 Å². The van der Waals surface area contributed by atoms with Crippen molar-refractivity contribution in [1.82, 2.24) is 19.4 Å². The number of piperidine rings is 1. The molecule has 40 heavy (non-hydrogen) atoms. The Balaban J connectivity index is 1.06. The zero-order valence-corrected chi connectivity index (χ0v) is 23.6. The number of rotatable bonds is 7. The summed E-state index contributed by atoms with van der Waals surface area (Å²) in [6.07, 6.45) is 4.75. The highest BCUT2D eigenvalue weighted by Gasteiger charge is 2.42. The van der Waals surface area contributed by atoms with Gasteiger partial charge in [0.1, 0.15) is 21.2 Å². The van der Waals surface area contributed by atoms with Crippen LogP contribution in [0.15, 0.2) is 42.6 Å². The third kappa shape index (κ3) is 4.62. The third-order valence-corrected chi connectivity index (χ3v) is 9.34. The molecule has 4 aromatic rings. The van der Waals surface area contributed by atoms with Gasteiger partial charge in [-0.2, -0.15) is 0 Å². The SMILES string of the molecule is CC1(c2ccc(Cl)cn2)Oc2cccc(C3CCN(Cc4nc5sc(C(=O)O)cc5n4CC4CCO4)CC3)c2O1. The van der Waals surface area contributed by atoms with Crippen molar-refractivity contribution in [3.63, 3.8) is 0 Å². The number of pyridine rings is 1. The van der Waals surface area contributed by atoms with Crippen LogP contribution < -0.4 is 9.47 Å². The number of benzene rings is 1. The summed E-state index contributed by atoms with van der Waals surface area (Å²) in [5.41, 5.74) is 2.73. The summed E-state index contributed by atoms with van der Waals surface area (Å²) in [7, 11) is 0. The Morgan fingerprint density at radius 3 is 2.73 bits per heavy atom. The van der Waals surface area contributed by atoms with E-state index in [4.69, 9.17) is 30.8 Å². The number of carboxylic acid groups (broad SMARTS) is 1. The first kappa shape index (κ1) is 25.8. The summed E-state index contributed by atoms with van der Waals surface area (Å²) >= 11 is 7.27. The molecule has 0 aliphatic carbocycles. The number of fused-ring (bicyclic) bond motifs is 2. The maximum atomic E-state index is 11.5. The second-order valence-electron chi connectivity index (χ2n) is 10.8. The Kier molecular flexibility index (Phi) is 6.46. The number of carbonyl (C=O) groups is 1. The molecular formula is C29H29ClN4O5S. The summed E-state index contributed by atoms with van der Waals surface area (Å²) in [6.45, 7) is 5.93. The Hall–Kier alpha value is -3.18. The van der Waals surface area contributed by atoms with Crippen LogP contribution in [0.4, 0.5) is 0 Å². The number of halogens is 1. The van der Waals surface area contributed by atoms with Gasteiger partial charge in [-0.05, 0) is 62.5 Å². The van der Waals surface area contributed by atoms with Crippen LogP contribution in [0.25, 0.3) is 10.3 Å². The maximum absolute atomic E-state index is 11.5. The van der Waals surface area contributed by atoms with E-state index >= 15 is 0 Å². The molecule has 3 aliphatic heterocycles. The lowest BCUT2D eigenvalue weighted by Crippen LogP contribution is -2.35. The first-order valence-corrected chi connectivity index (χ1v) is 14.7. The molecule has 3 aromatic heterocycles. The number of thiophene rings is 1. The van der Waals surface area contributed by atoms with Crippen molar-refractivity contribution in [1.29, 1.82) is 0 Å². The molecule has 2 unspecified atom stereocenters. The number of hydrogen-bond donors (Lipinski definition) is 1. The van der Waals surface area contributed by atoms with E-state index in [9.17, 15) is 9.90 Å². The molecule has 2 saturated heterocycles. The van der Waals surface area contributed by atoms with Crippen LogP contribution >= 0.6 is 22.9 Å². The van der Waals surface area contributed by atoms with Gasteiger partial charge < -0.3 is 23.9 Å². The molecule has 0 saturated carbocycles. The number of aromatic carboxylic acids is 1. The van der Waals surface area contributed by atoms with Crippen molar-refractivity contribution in [3.05, 3.63) is 69.6 Å². The molecule has 2 fully saturated rings. The van der Waals surface area contributed by atoms with Gasteiger partial charge in [-0.15, -0.1) is 11.3 Å². The van der Waals surface area contributed by atoms with Crippen LogP contribution in [0.5, 0.6) is 11.5 Å². The zero-order valence-electron chi connectivity index (χ0n) is 22.0. The summed E-state index contributed by atoms with van der Waals surface area (Å²) in [6, 6.07) is 11.5. The van der Waals surface area contributed by atoms with Gasteiger partial charge in [-0.1, -0.05) is 23.7 Å². The first-order valence-electron chi connectivity index (χ1n) is 13.6. The predicted octanol–water partition coefficient (Wildman–Crippen LogP) is 5.66. The summed E-state index contributed by atoms with van der Waals surface area (Å²) in [5, 5.41) is 10.0. The summed E-state index contributed by atoms with van der Waals surface area (Å²) < 4.78 is 20.6. The second kappa shape index (κ2) is 10.0. The number of carboxylic acids is 1. The normalized spacial score (nSPS) is 23.0. The summed E-state index contributed by atoms with van der Waals surface area (Å²) in [5.74, 6) is 0.935. The molecule has 1 aromatic carbocycles. The molecule has 1 N–H and O–H groups in total. The summed E-state index contributed by atoms with van der Waals surface area (Å²) in [4.78, 5) is 24.3. The number of hydrogen-bond acceptors (Lipinski definition) is 8. The Labute approximate surface area is 240 Å². The standard InChI is InChI=1S/C29H29ClN4O5S/c1-29(24-6-5-18(30)14-31-24)38-22-4-2-3-20(26(22)39-29)17-7-10-33(11-8-17)16-25-32-27-21(13-23(40-27)28(35)36)34(25)15-19-9-12-37-19/h2-6,13-14,17,19H,7-12,15-16H2,1H3,(H,35,36). The first-order chi connectivity index (χ1) is 19.4. The number of likely N-dealkylation sites (tertiary alicyclic amines) is 1. The molecule has 3 aliphatic rings. The average molecular weight is 581 g/mol. The average Bonchev–Trinajstić information content (AvgIpc) is 3.58. The minimum absolute atomic E-state index is 0.159. The Morgan fingerprint density at radius 2 is 2.02 bits per heavy atom. The van der Waals surface area contributed by atoms with E-state index in [1.165, 1.54) is 16.9 Å². The van der Waals surface area contributed by atoms with Crippen molar-refractivity contribution in [2.45, 2.75) is 57.1 Å². The molecule has 9 nitrogen and oxygen atoms in total. The van der Waals surface area contributed by atoms with Gasteiger partial charge in [0.05, 0.1) is 29.7 Å². The highest BCUT2D eigenvalue weighted by molar-refractivity contribution is 7.20. The number of para-hydroxylation sites is 1. The van der Waals surface area contributed by atoms with Crippen LogP contribution in [0.2, 0.25) is 5.02 Å². The van der Waals surface area contributed by atoms with E-state index in [1.807, 2.05) is 25.1 Å². The van der Waals surface area contributed by atoms with Gasteiger partial charge >= 0.3 is 5.97 Å². The van der Waals surface area contributed by atoms with E-state index < -0.39 is 11.8 Å². The maximum Gasteiger partial charge on any atom is 0.346 e. The van der Waals surface area contributed by atoms with E-state index in [-0.39, 0.29) is 6.10 Å². The minimum atomic E-state index is -1.00. The van der Waals surface area contributed by atoms with Crippen molar-refractivity contribution in [2.24, 2.45) is 0 Å². The number of ether oxygens (including phenoxy) is 3. The van der Waals surface area contributed by atoms with Gasteiger partial charge in [-0.3, -0.25) is 9.88 Å². The van der Waals surface area contributed by atoms with Crippen LogP contribution in [0.3, 0.4) is 0 Å². The fraction of sp³-hybridized carbons (Fsp3) is 0.414. The number of aromatic nitrogens is 3. The fourth-order valence-electron chi connectivity index (χ4n) is 5.84. The van der Waals surface area contributed by atoms with Crippen LogP contribution in [0, 0.1) is 0 Å². The molecule has 0 spiro atoms. The largest absolute Gasteiger partial charge is 0.477 e. The number of imidazole rings is 1. The highest BCUT2D eigenvalue weighted by Crippen LogP contribution is 2.49. The predicted molar refractivity (Wildman–Crippen MR) is 150 cm³/mol. The molecule has 208 valence electrons. The quantitative estimate of drug-likeness (QED) is 0.299. The van der Waals surface area contributed by atoms with Gasteiger partial charge in [-0.25, -0.2) is 9.78 Å². The number of nitrogens with zero attached hydrogens (tertiary/aromatic N) is 4. The van der Waals surface area contributed by atoms with Gasteiger partial charge in [0, 0.05) is 25.3 Å². The highest BCUT2D eigenvalue weighted by atomic mass is 35.5. The lowest BCUT2D eigenvalue weighted by atomic mass is 9.88. The lowest BCUT2D eigenvalue weighted by Gasteiger charge is -2.33. The van der Waals surface area contributed by atoms with Crippen LogP contribution in [0.1, 0.15) is 58.9 Å². The van der Waals surface area contributed by atoms with Crippen molar-refractivity contribution >= 4 is 39.3 Å². The van der Waals surface area contributed by atoms with E-state index in [1.54, 1.807) is 18.3 Å². The smallest absolute Gasteiger partial charge is 0.346 e. The monoisotopic (exact) mass is 580 g/mol. The van der Waals surface area contributed by atoms with Crippen molar-refractivity contribution < 1.29 is 24.1 Å². The second-order valence-corrected chi connectivity index (χ2v) is 12.2. The van der Waals surface area contributed by atoms with E-state index in [2.05, 4.69) is 20.5 Å². The molecule has 0 amide bonds. The Bertz CT molecular complexity index is 1580. The minimum Gasteiger partial charge on any atom is -0.477 e. The van der Waals surface area contributed by atoms with Gasteiger partial charge in [0.15, 0.2) is 11.5 Å². The van der Waals surface area contributed by atoms with Gasteiger partial charge in [0.2, 0.25) is 0 Å². The van der Waals surface area contributed by atoms with Crippen LogP contribution in [-0.2, 0) is 23.6 Å². The third-order valence-electron chi connectivity index (χ3n) is 8.11. The molecular weight excluding hydrogens is 552 g/mol. The molecule has 2 atom stereocenters. The molecule has 11 heteroatoms.